The van der Waals surface area contributed by atoms with Crippen molar-refractivity contribution in [2.45, 2.75) is 6.42 Å². The summed E-state index contributed by atoms with van der Waals surface area (Å²) >= 11 is 18.0. The molecule has 0 saturated heterocycles. The maximum absolute atomic E-state index is 8.73. The van der Waals surface area contributed by atoms with Crippen LogP contribution in [0.1, 0.15) is 5.56 Å². The lowest BCUT2D eigenvalue weighted by Gasteiger charge is -2.07. The standard InChI is InChI=1S/C13H7Cl3N2/c14-10-3-1-2-9(13(10)16)12-6-8(4-5-17)11(15)7-18-12/h1-3,6-7H,4H2. The van der Waals surface area contributed by atoms with Crippen molar-refractivity contribution >= 4 is 34.8 Å². The van der Waals surface area contributed by atoms with E-state index in [0.29, 0.717) is 20.8 Å². The number of hydrogen-bond donors (Lipinski definition) is 0. The number of hydrogen-bond acceptors (Lipinski definition) is 2. The fourth-order valence-electron chi connectivity index (χ4n) is 1.55. The average molecular weight is 298 g/mol. The molecule has 0 aliphatic carbocycles. The Balaban J connectivity index is 2.55. The lowest BCUT2D eigenvalue weighted by atomic mass is 10.1. The van der Waals surface area contributed by atoms with Crippen molar-refractivity contribution < 1.29 is 0 Å². The third-order valence-electron chi connectivity index (χ3n) is 2.43. The number of halogens is 3. The predicted molar refractivity (Wildman–Crippen MR) is 74.0 cm³/mol. The Morgan fingerprint density at radius 3 is 2.67 bits per heavy atom. The van der Waals surface area contributed by atoms with Gasteiger partial charge in [0, 0.05) is 11.8 Å². The van der Waals surface area contributed by atoms with Crippen molar-refractivity contribution in [1.29, 1.82) is 5.26 Å². The minimum Gasteiger partial charge on any atom is -0.255 e. The van der Waals surface area contributed by atoms with Crippen molar-refractivity contribution in [2.24, 2.45) is 0 Å². The van der Waals surface area contributed by atoms with E-state index in [1.807, 2.05) is 6.07 Å². The second kappa shape index (κ2) is 5.58. The molecule has 0 bridgehead atoms. The van der Waals surface area contributed by atoms with Gasteiger partial charge in [0.25, 0.3) is 0 Å². The molecular weight excluding hydrogens is 291 g/mol. The van der Waals surface area contributed by atoms with Gasteiger partial charge >= 0.3 is 0 Å². The van der Waals surface area contributed by atoms with Gasteiger partial charge in [-0.1, -0.05) is 46.9 Å². The minimum absolute atomic E-state index is 0.229. The molecule has 0 aliphatic rings. The quantitative estimate of drug-likeness (QED) is 0.800. The highest BCUT2D eigenvalue weighted by Crippen LogP contribution is 2.33. The van der Waals surface area contributed by atoms with Gasteiger partial charge in [-0.15, -0.1) is 0 Å². The Bertz CT molecular complexity index is 633. The molecule has 5 heteroatoms. The van der Waals surface area contributed by atoms with Gasteiger partial charge in [-0.05, 0) is 17.7 Å². The summed E-state index contributed by atoms with van der Waals surface area (Å²) < 4.78 is 0. The van der Waals surface area contributed by atoms with E-state index in [9.17, 15) is 0 Å². The smallest absolute Gasteiger partial charge is 0.0721 e. The molecule has 0 N–H and O–H groups in total. The average Bonchev–Trinajstić information content (AvgIpc) is 2.36. The van der Waals surface area contributed by atoms with Crippen LogP contribution in [-0.4, -0.2) is 4.98 Å². The molecule has 1 aromatic carbocycles. The van der Waals surface area contributed by atoms with E-state index in [0.717, 1.165) is 11.1 Å². The molecule has 18 heavy (non-hydrogen) atoms. The summed E-state index contributed by atoms with van der Waals surface area (Å²) in [5.74, 6) is 0. The molecule has 2 aromatic rings. The second-order valence-electron chi connectivity index (χ2n) is 3.60. The number of nitrogens with zero attached hydrogens (tertiary/aromatic N) is 2. The van der Waals surface area contributed by atoms with Crippen LogP contribution in [-0.2, 0) is 6.42 Å². The zero-order valence-corrected chi connectivity index (χ0v) is 11.4. The highest BCUT2D eigenvalue weighted by atomic mass is 35.5. The van der Waals surface area contributed by atoms with Crippen LogP contribution in [0.25, 0.3) is 11.3 Å². The lowest BCUT2D eigenvalue weighted by Crippen LogP contribution is -1.90. The van der Waals surface area contributed by atoms with Crippen LogP contribution in [0.3, 0.4) is 0 Å². The van der Waals surface area contributed by atoms with Gasteiger partial charge in [-0.2, -0.15) is 5.26 Å². The minimum atomic E-state index is 0.229. The van der Waals surface area contributed by atoms with Gasteiger partial charge in [0.1, 0.15) is 0 Å². The topological polar surface area (TPSA) is 36.7 Å². The van der Waals surface area contributed by atoms with Crippen molar-refractivity contribution in [1.82, 2.24) is 4.98 Å². The number of pyridine rings is 1. The second-order valence-corrected chi connectivity index (χ2v) is 4.79. The van der Waals surface area contributed by atoms with E-state index in [1.54, 1.807) is 18.2 Å². The first-order valence-corrected chi connectivity index (χ1v) is 6.22. The molecule has 0 saturated carbocycles. The van der Waals surface area contributed by atoms with Gasteiger partial charge in [0.2, 0.25) is 0 Å². The van der Waals surface area contributed by atoms with Gasteiger partial charge in [-0.3, -0.25) is 4.98 Å². The molecule has 1 aromatic heterocycles. The Morgan fingerprint density at radius 1 is 1.17 bits per heavy atom. The summed E-state index contributed by atoms with van der Waals surface area (Å²) in [6.45, 7) is 0. The normalized spacial score (nSPS) is 10.1. The van der Waals surface area contributed by atoms with Crippen LogP contribution >= 0.6 is 34.8 Å². The summed E-state index contributed by atoms with van der Waals surface area (Å²) in [4.78, 5) is 4.21. The molecule has 1 heterocycles. The Kier molecular flexibility index (Phi) is 4.08. The zero-order chi connectivity index (χ0) is 13.1. The van der Waals surface area contributed by atoms with Gasteiger partial charge < -0.3 is 0 Å². The fourth-order valence-corrected chi connectivity index (χ4v) is 2.12. The first-order valence-electron chi connectivity index (χ1n) is 5.09. The highest BCUT2D eigenvalue weighted by Gasteiger charge is 2.10. The first kappa shape index (κ1) is 13.2. The highest BCUT2D eigenvalue weighted by molar-refractivity contribution is 6.43. The maximum Gasteiger partial charge on any atom is 0.0721 e. The summed E-state index contributed by atoms with van der Waals surface area (Å²) in [6.07, 6.45) is 1.74. The molecule has 0 fully saturated rings. The summed E-state index contributed by atoms with van der Waals surface area (Å²) in [7, 11) is 0. The third-order valence-corrected chi connectivity index (χ3v) is 3.59. The third kappa shape index (κ3) is 2.59. The number of nitriles is 1. The molecular formula is C13H7Cl3N2. The van der Waals surface area contributed by atoms with E-state index in [4.69, 9.17) is 40.1 Å². The van der Waals surface area contributed by atoms with Crippen molar-refractivity contribution in [3.63, 3.8) is 0 Å². The monoisotopic (exact) mass is 296 g/mol. The fraction of sp³-hybridized carbons (Fsp3) is 0.0769. The molecule has 90 valence electrons. The Labute approximate surface area is 120 Å². The lowest BCUT2D eigenvalue weighted by molar-refractivity contribution is 1.21. The maximum atomic E-state index is 8.73. The van der Waals surface area contributed by atoms with Crippen LogP contribution in [0.5, 0.6) is 0 Å². The summed E-state index contributed by atoms with van der Waals surface area (Å²) in [5, 5.41) is 10.1. The van der Waals surface area contributed by atoms with Crippen molar-refractivity contribution in [3.05, 3.63) is 51.1 Å². The molecule has 0 radical (unpaired) electrons. The van der Waals surface area contributed by atoms with Gasteiger partial charge in [-0.25, -0.2) is 0 Å². The van der Waals surface area contributed by atoms with Crippen LogP contribution in [0.2, 0.25) is 15.1 Å². The van der Waals surface area contributed by atoms with Gasteiger partial charge in [0.15, 0.2) is 0 Å². The Morgan fingerprint density at radius 2 is 1.94 bits per heavy atom. The SMILES string of the molecule is N#CCc1cc(-c2cccc(Cl)c2Cl)ncc1Cl. The molecule has 0 amide bonds. The van der Waals surface area contributed by atoms with E-state index >= 15 is 0 Å². The molecule has 2 rings (SSSR count). The van der Waals surface area contributed by atoms with Crippen LogP contribution < -0.4 is 0 Å². The molecule has 0 unspecified atom stereocenters. The number of benzene rings is 1. The molecule has 0 atom stereocenters. The molecule has 0 aliphatic heterocycles. The van der Waals surface area contributed by atoms with Crippen LogP contribution in [0, 0.1) is 11.3 Å². The number of aromatic nitrogens is 1. The van der Waals surface area contributed by atoms with E-state index in [2.05, 4.69) is 11.1 Å². The number of rotatable bonds is 2. The zero-order valence-electron chi connectivity index (χ0n) is 9.12. The van der Waals surface area contributed by atoms with E-state index in [1.165, 1.54) is 6.20 Å². The predicted octanol–water partition coefficient (Wildman–Crippen LogP) is 4.77. The van der Waals surface area contributed by atoms with E-state index in [-0.39, 0.29) is 6.42 Å². The molecule has 2 nitrogen and oxygen atoms in total. The van der Waals surface area contributed by atoms with Gasteiger partial charge in [0.05, 0.1) is 33.3 Å². The van der Waals surface area contributed by atoms with Crippen LogP contribution in [0.4, 0.5) is 0 Å². The first-order chi connectivity index (χ1) is 8.63. The summed E-state index contributed by atoms with van der Waals surface area (Å²) in [6, 6.07) is 9.13. The largest absolute Gasteiger partial charge is 0.255 e. The van der Waals surface area contributed by atoms with Crippen molar-refractivity contribution in [2.75, 3.05) is 0 Å². The Hall–Kier alpha value is -1.27. The van der Waals surface area contributed by atoms with Crippen molar-refractivity contribution in [3.8, 4) is 17.3 Å². The van der Waals surface area contributed by atoms with Crippen LogP contribution in [0.15, 0.2) is 30.5 Å². The summed E-state index contributed by atoms with van der Waals surface area (Å²) in [5.41, 5.74) is 2.09. The van der Waals surface area contributed by atoms with E-state index < -0.39 is 0 Å². The molecule has 0 spiro atoms.